The average Bonchev–Trinajstić information content (AvgIpc) is 2.39. The second-order valence-corrected chi connectivity index (χ2v) is 6.17. The molecule has 19 heavy (non-hydrogen) atoms. The first-order valence-electron chi connectivity index (χ1n) is 6.24. The summed E-state index contributed by atoms with van der Waals surface area (Å²) in [5, 5.41) is -0.601. The molecule has 0 saturated carbocycles. The number of ketones is 2. The van der Waals surface area contributed by atoms with Crippen LogP contribution in [0.4, 0.5) is 0 Å². The number of Topliss-reactive ketones (excluding diaryl/α,β-unsaturated/α-hetero) is 2. The summed E-state index contributed by atoms with van der Waals surface area (Å²) >= 11 is 0. The molecule has 1 saturated heterocycles. The molecule has 0 radical (unpaired) electrons. The Kier molecular flexibility index (Phi) is 4.43. The molecule has 1 unspecified atom stereocenters. The zero-order valence-electron chi connectivity index (χ0n) is 10.7. The first-order valence-corrected chi connectivity index (χ1v) is 7.62. The summed E-state index contributed by atoms with van der Waals surface area (Å²) in [6, 6.07) is 8.86. The Bertz CT molecular complexity index is 534. The average molecular weight is 276 g/mol. The molecule has 2 rings (SSSR count). The summed E-state index contributed by atoms with van der Waals surface area (Å²) in [5.41, 5.74) is 0.560. The first kappa shape index (κ1) is 13.9. The first-order chi connectivity index (χ1) is 9.13. The maximum Gasteiger partial charge on any atom is 0.179 e. The van der Waals surface area contributed by atoms with Crippen LogP contribution in [0.2, 0.25) is 0 Å². The van der Waals surface area contributed by atoms with Crippen molar-refractivity contribution in [1.29, 1.82) is 0 Å². The fraction of sp³-hybridized carbons (Fsp3) is 0.333. The fourth-order valence-corrected chi connectivity index (χ4v) is 3.94. The molecule has 0 bridgehead atoms. The van der Waals surface area contributed by atoms with E-state index in [0.29, 0.717) is 12.0 Å². The van der Waals surface area contributed by atoms with E-state index in [0.717, 1.165) is 0 Å². The lowest BCUT2D eigenvalue weighted by Crippen LogP contribution is -2.41. The summed E-state index contributed by atoms with van der Waals surface area (Å²) in [7, 11) is -1.42. The van der Waals surface area contributed by atoms with Crippen molar-refractivity contribution in [2.24, 2.45) is 5.92 Å². The molecule has 1 aromatic rings. The van der Waals surface area contributed by atoms with E-state index in [9.17, 15) is 13.8 Å². The Balaban J connectivity index is 2.31. The van der Waals surface area contributed by atoms with Crippen molar-refractivity contribution in [2.75, 3.05) is 5.75 Å². The van der Waals surface area contributed by atoms with Gasteiger partial charge >= 0.3 is 0 Å². The van der Waals surface area contributed by atoms with Gasteiger partial charge in [0.15, 0.2) is 5.78 Å². The largest absolute Gasteiger partial charge is 0.299 e. The van der Waals surface area contributed by atoms with E-state index in [1.165, 1.54) is 0 Å². The van der Waals surface area contributed by atoms with Gasteiger partial charge in [-0.25, -0.2) is 0 Å². The number of rotatable bonds is 3. The number of carbonyl (C=O) groups is 2. The highest BCUT2D eigenvalue weighted by molar-refractivity contribution is 7.87. The van der Waals surface area contributed by atoms with E-state index < -0.39 is 16.0 Å². The van der Waals surface area contributed by atoms with Gasteiger partial charge in [0.25, 0.3) is 0 Å². The van der Waals surface area contributed by atoms with Gasteiger partial charge in [-0.3, -0.25) is 13.8 Å². The van der Waals surface area contributed by atoms with Gasteiger partial charge in [-0.2, -0.15) is 0 Å². The van der Waals surface area contributed by atoms with Gasteiger partial charge in [0.1, 0.15) is 11.0 Å². The summed E-state index contributed by atoms with van der Waals surface area (Å²) < 4.78 is 12.1. The summed E-state index contributed by atoms with van der Waals surface area (Å²) in [6.45, 7) is 1.84. The fourth-order valence-electron chi connectivity index (χ4n) is 2.37. The molecule has 0 aliphatic carbocycles. The molecule has 1 heterocycles. The maximum absolute atomic E-state index is 12.5. The highest BCUT2D eigenvalue weighted by Crippen LogP contribution is 2.26. The van der Waals surface area contributed by atoms with Gasteiger partial charge in [0, 0.05) is 28.7 Å². The topological polar surface area (TPSA) is 51.2 Å². The molecule has 0 N–H and O–H groups in total. The molecule has 3 atom stereocenters. The van der Waals surface area contributed by atoms with Crippen LogP contribution in [0.3, 0.4) is 0 Å². The van der Waals surface area contributed by atoms with Crippen molar-refractivity contribution < 1.29 is 13.8 Å². The van der Waals surface area contributed by atoms with Crippen LogP contribution < -0.4 is 0 Å². The predicted octanol–water partition coefficient (Wildman–Crippen LogP) is 2.15. The van der Waals surface area contributed by atoms with E-state index in [1.54, 1.807) is 24.3 Å². The molecule has 0 spiro atoms. The van der Waals surface area contributed by atoms with E-state index in [4.69, 9.17) is 0 Å². The zero-order chi connectivity index (χ0) is 13.8. The summed E-state index contributed by atoms with van der Waals surface area (Å²) in [4.78, 5) is 24.0. The van der Waals surface area contributed by atoms with Crippen LogP contribution in [0.25, 0.3) is 0 Å². The van der Waals surface area contributed by atoms with Gasteiger partial charge in [0.2, 0.25) is 0 Å². The van der Waals surface area contributed by atoms with Gasteiger partial charge in [0.05, 0.1) is 5.75 Å². The van der Waals surface area contributed by atoms with Crippen LogP contribution in [0.15, 0.2) is 42.5 Å². The standard InChI is InChI=1S/C15H16O3S/c1-2-6-12-9-13(16)10-19(18)15(12)14(17)11-7-4-3-5-8-11/h2-8,12,15H,9-10H2,1H3/b6-2+/t12-,15-,19?/m0/s1. The number of hydrogen-bond acceptors (Lipinski definition) is 3. The minimum atomic E-state index is -1.42. The monoisotopic (exact) mass is 276 g/mol. The Morgan fingerprint density at radius 1 is 1.32 bits per heavy atom. The zero-order valence-corrected chi connectivity index (χ0v) is 11.6. The summed E-state index contributed by atoms with van der Waals surface area (Å²) in [5.74, 6) is -0.412. The Labute approximate surface area is 115 Å². The Morgan fingerprint density at radius 2 is 2.00 bits per heavy atom. The van der Waals surface area contributed by atoms with Crippen LogP contribution >= 0.6 is 0 Å². The quantitative estimate of drug-likeness (QED) is 0.628. The number of benzene rings is 1. The van der Waals surface area contributed by atoms with E-state index >= 15 is 0 Å². The molecule has 100 valence electrons. The van der Waals surface area contributed by atoms with E-state index in [-0.39, 0.29) is 23.2 Å². The number of hydrogen-bond donors (Lipinski definition) is 0. The molecular formula is C15H16O3S. The van der Waals surface area contributed by atoms with Crippen molar-refractivity contribution in [2.45, 2.75) is 18.6 Å². The van der Waals surface area contributed by atoms with Gasteiger partial charge in [-0.1, -0.05) is 42.5 Å². The number of allylic oxidation sites excluding steroid dienone is 2. The Morgan fingerprint density at radius 3 is 2.63 bits per heavy atom. The van der Waals surface area contributed by atoms with Gasteiger partial charge < -0.3 is 0 Å². The van der Waals surface area contributed by atoms with Crippen LogP contribution in [-0.4, -0.2) is 26.8 Å². The minimum absolute atomic E-state index is 0.00268. The Hall–Kier alpha value is -1.55. The molecule has 0 aromatic heterocycles. The third-order valence-corrected chi connectivity index (χ3v) is 4.93. The maximum atomic E-state index is 12.5. The third-order valence-electron chi connectivity index (χ3n) is 3.20. The smallest absolute Gasteiger partial charge is 0.179 e. The normalized spacial score (nSPS) is 27.6. The highest BCUT2D eigenvalue weighted by atomic mass is 32.2. The molecule has 1 fully saturated rings. The second-order valence-electron chi connectivity index (χ2n) is 4.61. The van der Waals surface area contributed by atoms with Crippen molar-refractivity contribution in [3.05, 3.63) is 48.0 Å². The lowest BCUT2D eigenvalue weighted by Gasteiger charge is -2.26. The SMILES string of the molecule is C/C=C/[C@H]1CC(=O)CS(=O)[C@@H]1C(=O)c1ccccc1. The number of carbonyl (C=O) groups excluding carboxylic acids is 2. The summed E-state index contributed by atoms with van der Waals surface area (Å²) in [6.07, 6.45) is 3.94. The lowest BCUT2D eigenvalue weighted by atomic mass is 9.92. The van der Waals surface area contributed by atoms with E-state index in [2.05, 4.69) is 0 Å². The second kappa shape index (κ2) is 6.06. The third kappa shape index (κ3) is 3.07. The van der Waals surface area contributed by atoms with Crippen molar-refractivity contribution in [3.8, 4) is 0 Å². The van der Waals surface area contributed by atoms with Crippen LogP contribution in [0.5, 0.6) is 0 Å². The molecule has 4 heteroatoms. The van der Waals surface area contributed by atoms with Crippen LogP contribution in [0.1, 0.15) is 23.7 Å². The van der Waals surface area contributed by atoms with Crippen LogP contribution in [0, 0.1) is 5.92 Å². The highest BCUT2D eigenvalue weighted by Gasteiger charge is 2.38. The van der Waals surface area contributed by atoms with Crippen LogP contribution in [-0.2, 0) is 15.6 Å². The van der Waals surface area contributed by atoms with Crippen molar-refractivity contribution >= 4 is 22.4 Å². The predicted molar refractivity (Wildman–Crippen MR) is 75.5 cm³/mol. The molecule has 1 aromatic carbocycles. The van der Waals surface area contributed by atoms with Gasteiger partial charge in [-0.15, -0.1) is 0 Å². The van der Waals surface area contributed by atoms with Crippen molar-refractivity contribution in [1.82, 2.24) is 0 Å². The lowest BCUT2D eigenvalue weighted by molar-refractivity contribution is -0.117. The van der Waals surface area contributed by atoms with E-state index in [1.807, 2.05) is 25.1 Å². The minimum Gasteiger partial charge on any atom is -0.299 e. The molecular weight excluding hydrogens is 260 g/mol. The van der Waals surface area contributed by atoms with Gasteiger partial charge in [-0.05, 0) is 6.92 Å². The molecule has 1 aliphatic rings. The molecule has 3 nitrogen and oxygen atoms in total. The molecule has 1 aliphatic heterocycles. The molecule has 0 amide bonds. The van der Waals surface area contributed by atoms with Crippen molar-refractivity contribution in [3.63, 3.8) is 0 Å².